The van der Waals surface area contributed by atoms with Crippen LogP contribution in [0.15, 0.2) is 18.2 Å². The summed E-state index contributed by atoms with van der Waals surface area (Å²) in [6.45, 7) is 1.48. The minimum Gasteiger partial charge on any atom is -0.481 e. The van der Waals surface area contributed by atoms with Gasteiger partial charge in [-0.2, -0.15) is 0 Å². The quantitative estimate of drug-likeness (QED) is 0.896. The number of likely N-dealkylation sites (tertiary alicyclic amines) is 1. The second kappa shape index (κ2) is 4.77. The second-order valence-electron chi connectivity index (χ2n) is 5.33. The Kier molecular flexibility index (Phi) is 3.08. The van der Waals surface area contributed by atoms with Gasteiger partial charge < -0.3 is 10.0 Å². The number of nitrogens with zero attached hydrogens (tertiary/aromatic N) is 2. The lowest BCUT2D eigenvalue weighted by molar-refractivity contribution is -0.139. The van der Waals surface area contributed by atoms with Gasteiger partial charge in [0.25, 0.3) is 0 Å². The molecule has 0 aliphatic carbocycles. The Balaban J connectivity index is 1.66. The van der Waals surface area contributed by atoms with Gasteiger partial charge in [-0.05, 0) is 24.1 Å². The first kappa shape index (κ1) is 12.9. The summed E-state index contributed by atoms with van der Waals surface area (Å²) in [6, 6.07) is 4.34. The summed E-state index contributed by atoms with van der Waals surface area (Å²) in [4.78, 5) is 26.1. The lowest BCUT2D eigenvalue weighted by Gasteiger charge is -2.40. The highest BCUT2D eigenvalue weighted by molar-refractivity contribution is 5.94. The van der Waals surface area contributed by atoms with E-state index in [0.717, 1.165) is 12.0 Å². The molecule has 0 unspecified atom stereocenters. The minimum atomic E-state index is -0.837. The molecule has 0 bridgehead atoms. The van der Waals surface area contributed by atoms with Gasteiger partial charge in [0.1, 0.15) is 5.82 Å². The van der Waals surface area contributed by atoms with E-state index < -0.39 is 5.97 Å². The Hall–Kier alpha value is -2.11. The topological polar surface area (TPSA) is 60.9 Å². The van der Waals surface area contributed by atoms with Crippen LogP contribution in [-0.2, 0) is 11.2 Å². The number of hydrogen-bond acceptors (Lipinski definition) is 2. The highest BCUT2D eigenvalue weighted by Crippen LogP contribution is 2.31. The molecule has 1 aromatic rings. The first-order chi connectivity index (χ1) is 9.54. The highest BCUT2D eigenvalue weighted by Gasteiger charge is 2.36. The maximum atomic E-state index is 13.3. The van der Waals surface area contributed by atoms with Gasteiger partial charge in [-0.1, -0.05) is 6.07 Å². The summed E-state index contributed by atoms with van der Waals surface area (Å²) in [5, 5.41) is 8.69. The van der Waals surface area contributed by atoms with Crippen LogP contribution in [0.4, 0.5) is 14.9 Å². The molecule has 5 nitrogen and oxygen atoms in total. The molecule has 106 valence electrons. The zero-order valence-electron chi connectivity index (χ0n) is 10.9. The summed E-state index contributed by atoms with van der Waals surface area (Å²) < 4.78 is 13.3. The standard InChI is InChI=1S/C14H15FN2O3/c15-11-2-1-10-3-4-17(12(10)6-11)14(20)16-7-9(8-16)5-13(18)19/h1-2,6,9H,3-5,7-8H2,(H,18,19). The number of halogens is 1. The van der Waals surface area contributed by atoms with Crippen molar-refractivity contribution in [1.82, 2.24) is 4.90 Å². The molecule has 1 saturated heterocycles. The van der Waals surface area contributed by atoms with Crippen LogP contribution in [0.1, 0.15) is 12.0 Å². The zero-order chi connectivity index (χ0) is 14.3. The van der Waals surface area contributed by atoms with E-state index in [-0.39, 0.29) is 24.2 Å². The molecule has 0 spiro atoms. The van der Waals surface area contributed by atoms with E-state index in [4.69, 9.17) is 5.11 Å². The lowest BCUT2D eigenvalue weighted by atomic mass is 9.97. The largest absolute Gasteiger partial charge is 0.481 e. The molecule has 0 saturated carbocycles. The Morgan fingerprint density at radius 2 is 2.10 bits per heavy atom. The molecular formula is C14H15FN2O3. The molecule has 3 rings (SSSR count). The van der Waals surface area contributed by atoms with Crippen molar-refractivity contribution in [2.45, 2.75) is 12.8 Å². The predicted octanol–water partition coefficient (Wildman–Crippen LogP) is 1.71. The summed E-state index contributed by atoms with van der Waals surface area (Å²) in [5.41, 5.74) is 1.61. The van der Waals surface area contributed by atoms with Gasteiger partial charge >= 0.3 is 12.0 Å². The molecule has 2 aliphatic heterocycles. The van der Waals surface area contributed by atoms with Gasteiger partial charge in [0.05, 0.1) is 12.1 Å². The average Bonchev–Trinajstić information content (AvgIpc) is 2.75. The normalized spacial score (nSPS) is 17.9. The van der Waals surface area contributed by atoms with Crippen molar-refractivity contribution in [3.8, 4) is 0 Å². The van der Waals surface area contributed by atoms with Crippen molar-refractivity contribution in [1.29, 1.82) is 0 Å². The van der Waals surface area contributed by atoms with E-state index in [1.54, 1.807) is 15.9 Å². The summed E-state index contributed by atoms with van der Waals surface area (Å²) in [7, 11) is 0. The van der Waals surface area contributed by atoms with Crippen LogP contribution >= 0.6 is 0 Å². The van der Waals surface area contributed by atoms with Crippen molar-refractivity contribution in [2.75, 3.05) is 24.5 Å². The number of urea groups is 1. The number of hydrogen-bond donors (Lipinski definition) is 1. The monoisotopic (exact) mass is 278 g/mol. The number of carbonyl (C=O) groups excluding carboxylic acids is 1. The number of benzene rings is 1. The SMILES string of the molecule is O=C(O)CC1CN(C(=O)N2CCc3ccc(F)cc32)C1. The van der Waals surface area contributed by atoms with Gasteiger partial charge in [-0.15, -0.1) is 0 Å². The van der Waals surface area contributed by atoms with Gasteiger partial charge in [-0.3, -0.25) is 9.69 Å². The smallest absolute Gasteiger partial charge is 0.324 e. The van der Waals surface area contributed by atoms with Crippen molar-refractivity contribution in [3.63, 3.8) is 0 Å². The zero-order valence-corrected chi connectivity index (χ0v) is 10.9. The minimum absolute atomic E-state index is 0.0334. The Morgan fingerprint density at radius 1 is 1.35 bits per heavy atom. The van der Waals surface area contributed by atoms with Crippen molar-refractivity contribution in [3.05, 3.63) is 29.6 Å². The number of carboxylic acids is 1. The van der Waals surface area contributed by atoms with Gasteiger partial charge in [0.15, 0.2) is 0 Å². The predicted molar refractivity (Wildman–Crippen MR) is 70.2 cm³/mol. The fourth-order valence-electron chi connectivity index (χ4n) is 2.82. The van der Waals surface area contributed by atoms with Crippen LogP contribution in [0.3, 0.4) is 0 Å². The molecule has 2 amide bonds. The number of amides is 2. The molecule has 1 aromatic carbocycles. The van der Waals surface area contributed by atoms with Crippen LogP contribution in [-0.4, -0.2) is 41.6 Å². The molecule has 0 atom stereocenters. The van der Waals surface area contributed by atoms with Crippen LogP contribution in [0.25, 0.3) is 0 Å². The number of carbonyl (C=O) groups is 2. The van der Waals surface area contributed by atoms with E-state index in [2.05, 4.69) is 0 Å². The van der Waals surface area contributed by atoms with Crippen LogP contribution in [0.2, 0.25) is 0 Å². The van der Waals surface area contributed by atoms with Crippen molar-refractivity contribution >= 4 is 17.7 Å². The van der Waals surface area contributed by atoms with Crippen molar-refractivity contribution < 1.29 is 19.1 Å². The number of anilines is 1. The third kappa shape index (κ3) is 2.21. The summed E-state index contributed by atoms with van der Waals surface area (Å²) >= 11 is 0. The third-order valence-electron chi connectivity index (χ3n) is 3.86. The number of rotatable bonds is 2. The molecule has 2 aliphatic rings. The average molecular weight is 278 g/mol. The molecule has 1 fully saturated rings. The number of carboxylic acid groups (broad SMARTS) is 1. The molecule has 1 N–H and O–H groups in total. The molecule has 0 radical (unpaired) electrons. The molecule has 20 heavy (non-hydrogen) atoms. The van der Waals surface area contributed by atoms with Gasteiger partial charge in [-0.25, -0.2) is 9.18 Å². The maximum Gasteiger partial charge on any atom is 0.324 e. The second-order valence-corrected chi connectivity index (χ2v) is 5.33. The Morgan fingerprint density at radius 3 is 2.80 bits per heavy atom. The van der Waals surface area contributed by atoms with E-state index >= 15 is 0 Å². The van der Waals surface area contributed by atoms with Gasteiger partial charge in [0, 0.05) is 25.6 Å². The summed E-state index contributed by atoms with van der Waals surface area (Å²) in [6.07, 6.45) is 0.822. The van der Waals surface area contributed by atoms with Crippen LogP contribution in [0, 0.1) is 11.7 Å². The van der Waals surface area contributed by atoms with Crippen LogP contribution < -0.4 is 4.90 Å². The molecule has 2 heterocycles. The molecule has 6 heteroatoms. The van der Waals surface area contributed by atoms with Crippen molar-refractivity contribution in [2.24, 2.45) is 5.92 Å². The number of fused-ring (bicyclic) bond motifs is 1. The fourth-order valence-corrected chi connectivity index (χ4v) is 2.82. The first-order valence-corrected chi connectivity index (χ1v) is 6.61. The highest BCUT2D eigenvalue weighted by atomic mass is 19.1. The van der Waals surface area contributed by atoms with E-state index in [9.17, 15) is 14.0 Å². The lowest BCUT2D eigenvalue weighted by Crippen LogP contribution is -2.55. The first-order valence-electron chi connectivity index (χ1n) is 6.61. The third-order valence-corrected chi connectivity index (χ3v) is 3.86. The van der Waals surface area contributed by atoms with Gasteiger partial charge in [0.2, 0.25) is 0 Å². The number of aliphatic carboxylic acids is 1. The summed E-state index contributed by atoms with van der Waals surface area (Å²) in [5.74, 6) is -1.16. The maximum absolute atomic E-state index is 13.3. The molecule has 0 aromatic heterocycles. The van der Waals surface area contributed by atoms with E-state index in [1.165, 1.54) is 12.1 Å². The van der Waals surface area contributed by atoms with E-state index in [0.29, 0.717) is 25.3 Å². The van der Waals surface area contributed by atoms with Crippen LogP contribution in [0.5, 0.6) is 0 Å². The van der Waals surface area contributed by atoms with E-state index in [1.807, 2.05) is 0 Å². The fraction of sp³-hybridized carbons (Fsp3) is 0.429. The Bertz CT molecular complexity index is 570. The Labute approximate surface area is 115 Å². The molecular weight excluding hydrogens is 263 g/mol.